The third-order valence-electron chi connectivity index (χ3n) is 3.90. The lowest BCUT2D eigenvalue weighted by Crippen LogP contribution is -2.63. The summed E-state index contributed by atoms with van der Waals surface area (Å²) in [6, 6.07) is 0. The van der Waals surface area contributed by atoms with E-state index < -0.39 is 28.7 Å². The van der Waals surface area contributed by atoms with E-state index in [1.54, 1.807) is 20.8 Å². The van der Waals surface area contributed by atoms with Gasteiger partial charge in [0.15, 0.2) is 0 Å². The zero-order valence-electron chi connectivity index (χ0n) is 13.2. The first-order valence-corrected chi connectivity index (χ1v) is 6.97. The lowest BCUT2D eigenvalue weighted by molar-refractivity contribution is -0.185. The number of hydrogen-bond donors (Lipinski definition) is 0. The highest BCUT2D eigenvalue weighted by atomic mass is 19.1. The summed E-state index contributed by atoms with van der Waals surface area (Å²) in [7, 11) is 3.01. The van der Waals surface area contributed by atoms with Crippen molar-refractivity contribution in [3.8, 4) is 0 Å². The molecule has 0 aliphatic carbocycles. The van der Waals surface area contributed by atoms with E-state index in [0.717, 1.165) is 0 Å². The van der Waals surface area contributed by atoms with Crippen LogP contribution in [-0.2, 0) is 14.3 Å². The number of nitrogens with zero attached hydrogens (tertiary/aromatic N) is 2. The number of carbonyl (C=O) groups is 2. The van der Waals surface area contributed by atoms with E-state index in [-0.39, 0.29) is 26.3 Å². The lowest BCUT2D eigenvalue weighted by atomic mass is 9.73. The zero-order valence-corrected chi connectivity index (χ0v) is 13.2. The molecular weight excluding hydrogens is 279 g/mol. The first-order valence-electron chi connectivity index (χ1n) is 6.97. The number of ether oxygens (including phenoxy) is 2. The van der Waals surface area contributed by atoms with Gasteiger partial charge in [0.25, 0.3) is 5.91 Å². The molecule has 1 spiro atoms. The van der Waals surface area contributed by atoms with Gasteiger partial charge in [0.1, 0.15) is 5.60 Å². The SMILES string of the molecule is CN(C)C(=O)[C@@]1(F)CN(C(=O)OC(C)(C)C)CC12COC2. The predicted octanol–water partition coefficient (Wildman–Crippen LogP) is 1.05. The Morgan fingerprint density at radius 2 is 1.81 bits per heavy atom. The fraction of sp³-hybridized carbons (Fsp3) is 0.857. The third kappa shape index (κ3) is 2.59. The predicted molar refractivity (Wildman–Crippen MR) is 73.6 cm³/mol. The number of hydrogen-bond acceptors (Lipinski definition) is 4. The molecule has 2 heterocycles. The van der Waals surface area contributed by atoms with Crippen molar-refractivity contribution in [3.05, 3.63) is 0 Å². The fourth-order valence-corrected chi connectivity index (χ4v) is 2.75. The van der Waals surface area contributed by atoms with Crippen LogP contribution in [0.1, 0.15) is 20.8 Å². The molecule has 6 nitrogen and oxygen atoms in total. The highest BCUT2D eigenvalue weighted by Crippen LogP contribution is 2.48. The molecule has 0 unspecified atom stereocenters. The van der Waals surface area contributed by atoms with Gasteiger partial charge in [-0.2, -0.15) is 0 Å². The smallest absolute Gasteiger partial charge is 0.410 e. The normalized spacial score (nSPS) is 27.4. The minimum atomic E-state index is -2.12. The minimum Gasteiger partial charge on any atom is -0.444 e. The topological polar surface area (TPSA) is 59.1 Å². The van der Waals surface area contributed by atoms with Crippen LogP contribution in [0.25, 0.3) is 0 Å². The van der Waals surface area contributed by atoms with Crippen LogP contribution in [0.5, 0.6) is 0 Å². The Morgan fingerprint density at radius 3 is 2.19 bits per heavy atom. The van der Waals surface area contributed by atoms with Crippen LogP contribution in [0, 0.1) is 5.41 Å². The molecule has 2 fully saturated rings. The number of alkyl halides is 1. The molecule has 2 saturated heterocycles. The molecule has 0 N–H and O–H groups in total. The van der Waals surface area contributed by atoms with E-state index in [1.165, 1.54) is 23.9 Å². The molecule has 0 saturated carbocycles. The van der Waals surface area contributed by atoms with E-state index in [9.17, 15) is 9.59 Å². The number of halogens is 1. The first-order chi connectivity index (χ1) is 9.51. The molecule has 2 aliphatic heterocycles. The van der Waals surface area contributed by atoms with Gasteiger partial charge in [-0.25, -0.2) is 9.18 Å². The quantitative estimate of drug-likeness (QED) is 0.726. The van der Waals surface area contributed by atoms with Gasteiger partial charge >= 0.3 is 6.09 Å². The van der Waals surface area contributed by atoms with Crippen molar-refractivity contribution < 1.29 is 23.5 Å². The number of rotatable bonds is 1. The summed E-state index contributed by atoms with van der Waals surface area (Å²) in [5.41, 5.74) is -3.73. The van der Waals surface area contributed by atoms with Gasteiger partial charge in [-0.3, -0.25) is 4.79 Å². The van der Waals surface area contributed by atoms with Crippen LogP contribution >= 0.6 is 0 Å². The van der Waals surface area contributed by atoms with Crippen molar-refractivity contribution in [3.63, 3.8) is 0 Å². The maximum Gasteiger partial charge on any atom is 0.410 e. The number of amides is 2. The average Bonchev–Trinajstić information content (AvgIpc) is 2.60. The highest BCUT2D eigenvalue weighted by Gasteiger charge is 2.68. The van der Waals surface area contributed by atoms with Gasteiger partial charge in [-0.05, 0) is 20.8 Å². The second kappa shape index (κ2) is 4.83. The molecule has 0 bridgehead atoms. The van der Waals surface area contributed by atoms with E-state index >= 15 is 4.39 Å². The Balaban J connectivity index is 2.21. The monoisotopic (exact) mass is 302 g/mol. The largest absolute Gasteiger partial charge is 0.444 e. The van der Waals surface area contributed by atoms with Gasteiger partial charge in [0.2, 0.25) is 5.67 Å². The molecule has 2 rings (SSSR count). The van der Waals surface area contributed by atoms with Crippen molar-refractivity contribution in [2.45, 2.75) is 32.0 Å². The van der Waals surface area contributed by atoms with Crippen LogP contribution in [-0.4, -0.2) is 73.5 Å². The van der Waals surface area contributed by atoms with Gasteiger partial charge in [0, 0.05) is 20.6 Å². The maximum atomic E-state index is 15.4. The first kappa shape index (κ1) is 16.0. The second-order valence-corrected chi connectivity index (χ2v) is 7.11. The second-order valence-electron chi connectivity index (χ2n) is 7.11. The molecule has 0 aromatic heterocycles. The molecule has 7 heteroatoms. The van der Waals surface area contributed by atoms with Gasteiger partial charge in [-0.1, -0.05) is 0 Å². The molecule has 0 aromatic rings. The zero-order chi connectivity index (χ0) is 16.1. The average molecular weight is 302 g/mol. The van der Waals surface area contributed by atoms with Crippen molar-refractivity contribution in [2.24, 2.45) is 5.41 Å². The standard InChI is InChI=1S/C14H23FN2O4/c1-12(2,3)21-11(19)17-6-13(8-20-9-13)14(15,7-17)10(18)16(4)5/h6-9H2,1-5H3/t14-/m0/s1. The van der Waals surface area contributed by atoms with Gasteiger partial charge in [0.05, 0.1) is 25.2 Å². The van der Waals surface area contributed by atoms with Gasteiger partial charge in [-0.15, -0.1) is 0 Å². The fourth-order valence-electron chi connectivity index (χ4n) is 2.75. The van der Waals surface area contributed by atoms with Crippen LogP contribution in [0.3, 0.4) is 0 Å². The molecule has 2 amide bonds. The molecule has 0 aromatic carbocycles. The Morgan fingerprint density at radius 1 is 1.24 bits per heavy atom. The summed E-state index contributed by atoms with van der Waals surface area (Å²) in [5.74, 6) is -0.628. The molecule has 120 valence electrons. The Kier molecular flexibility index (Phi) is 3.68. The minimum absolute atomic E-state index is 0.137. The van der Waals surface area contributed by atoms with E-state index in [1.807, 2.05) is 0 Å². The van der Waals surface area contributed by atoms with Gasteiger partial charge < -0.3 is 19.3 Å². The Hall–Kier alpha value is -1.37. The maximum absolute atomic E-state index is 15.4. The highest BCUT2D eigenvalue weighted by molar-refractivity contribution is 5.88. The Bertz CT molecular complexity index is 456. The lowest BCUT2D eigenvalue weighted by Gasteiger charge is -2.45. The number of carbonyl (C=O) groups excluding carboxylic acids is 2. The molecular formula is C14H23FN2O4. The van der Waals surface area contributed by atoms with E-state index in [0.29, 0.717) is 0 Å². The summed E-state index contributed by atoms with van der Waals surface area (Å²) in [5, 5.41) is 0. The number of likely N-dealkylation sites (tertiary alicyclic amines) is 1. The molecule has 2 aliphatic rings. The molecule has 0 radical (unpaired) electrons. The Labute approximate surface area is 124 Å². The molecule has 1 atom stereocenters. The summed E-state index contributed by atoms with van der Waals surface area (Å²) >= 11 is 0. The van der Waals surface area contributed by atoms with Crippen molar-refractivity contribution in [2.75, 3.05) is 40.4 Å². The molecule has 21 heavy (non-hydrogen) atoms. The van der Waals surface area contributed by atoms with Crippen LogP contribution in [0.2, 0.25) is 0 Å². The summed E-state index contributed by atoms with van der Waals surface area (Å²) < 4.78 is 25.8. The van der Waals surface area contributed by atoms with E-state index in [2.05, 4.69) is 0 Å². The van der Waals surface area contributed by atoms with Crippen LogP contribution in [0.15, 0.2) is 0 Å². The van der Waals surface area contributed by atoms with Crippen LogP contribution in [0.4, 0.5) is 9.18 Å². The summed E-state index contributed by atoms with van der Waals surface area (Å²) in [4.78, 5) is 26.9. The van der Waals surface area contributed by atoms with Crippen molar-refractivity contribution >= 4 is 12.0 Å². The summed E-state index contributed by atoms with van der Waals surface area (Å²) in [6.07, 6.45) is -0.597. The van der Waals surface area contributed by atoms with Crippen molar-refractivity contribution in [1.29, 1.82) is 0 Å². The summed E-state index contributed by atoms with van der Waals surface area (Å²) in [6.45, 7) is 5.37. The van der Waals surface area contributed by atoms with Crippen molar-refractivity contribution in [1.82, 2.24) is 9.80 Å². The van der Waals surface area contributed by atoms with E-state index in [4.69, 9.17) is 9.47 Å². The van der Waals surface area contributed by atoms with Crippen LogP contribution < -0.4 is 0 Å². The third-order valence-corrected chi connectivity index (χ3v) is 3.90.